The number of rotatable bonds is 5. The van der Waals surface area contributed by atoms with Crippen molar-refractivity contribution in [2.45, 2.75) is 12.5 Å². The predicted molar refractivity (Wildman–Crippen MR) is 90.7 cm³/mol. The first kappa shape index (κ1) is 16.6. The number of nitrogens with one attached hydrogen (secondary N) is 1. The Morgan fingerprint density at radius 1 is 1.04 bits per heavy atom. The number of hydrogen-bond donors (Lipinski definition) is 2. The number of carbonyl (C=O) groups is 2. The molecule has 0 aliphatic rings. The van der Waals surface area contributed by atoms with Crippen molar-refractivity contribution in [1.82, 2.24) is 10.3 Å². The Morgan fingerprint density at radius 2 is 1.76 bits per heavy atom. The molecular formula is C19H15FN2O3. The van der Waals surface area contributed by atoms with E-state index in [9.17, 15) is 19.1 Å². The van der Waals surface area contributed by atoms with Gasteiger partial charge in [-0.3, -0.25) is 4.79 Å². The van der Waals surface area contributed by atoms with Crippen LogP contribution >= 0.6 is 0 Å². The van der Waals surface area contributed by atoms with Gasteiger partial charge >= 0.3 is 5.97 Å². The average Bonchev–Trinajstić information content (AvgIpc) is 2.62. The molecule has 0 bridgehead atoms. The first-order valence-electron chi connectivity index (χ1n) is 7.67. The van der Waals surface area contributed by atoms with Crippen molar-refractivity contribution in [3.63, 3.8) is 0 Å². The highest BCUT2D eigenvalue weighted by Crippen LogP contribution is 2.13. The molecule has 1 aromatic heterocycles. The fraction of sp³-hybridized carbons (Fsp3) is 0.105. The van der Waals surface area contributed by atoms with Crippen molar-refractivity contribution in [3.8, 4) is 0 Å². The quantitative estimate of drug-likeness (QED) is 0.750. The molecule has 0 radical (unpaired) electrons. The summed E-state index contributed by atoms with van der Waals surface area (Å²) < 4.78 is 13.7. The number of para-hydroxylation sites is 1. The van der Waals surface area contributed by atoms with Crippen molar-refractivity contribution < 1.29 is 19.1 Å². The van der Waals surface area contributed by atoms with Crippen LogP contribution in [-0.2, 0) is 11.2 Å². The van der Waals surface area contributed by atoms with Gasteiger partial charge in [0.05, 0.1) is 5.52 Å². The van der Waals surface area contributed by atoms with Gasteiger partial charge in [-0.2, -0.15) is 0 Å². The smallest absolute Gasteiger partial charge is 0.326 e. The molecule has 0 unspecified atom stereocenters. The van der Waals surface area contributed by atoms with Crippen molar-refractivity contribution in [1.29, 1.82) is 0 Å². The molecule has 3 rings (SSSR count). The molecule has 0 saturated carbocycles. The van der Waals surface area contributed by atoms with Crippen molar-refractivity contribution >= 4 is 22.8 Å². The second-order valence-electron chi connectivity index (χ2n) is 5.55. The van der Waals surface area contributed by atoms with Crippen LogP contribution in [-0.4, -0.2) is 28.0 Å². The van der Waals surface area contributed by atoms with Crippen LogP contribution in [0.25, 0.3) is 10.9 Å². The number of amides is 1. The Balaban J connectivity index is 1.80. The maximum Gasteiger partial charge on any atom is 0.326 e. The number of halogens is 1. The molecule has 0 fully saturated rings. The van der Waals surface area contributed by atoms with E-state index in [1.54, 1.807) is 24.3 Å². The van der Waals surface area contributed by atoms with Crippen LogP contribution in [0.5, 0.6) is 0 Å². The Labute approximate surface area is 143 Å². The zero-order chi connectivity index (χ0) is 17.8. The van der Waals surface area contributed by atoms with Gasteiger partial charge < -0.3 is 10.4 Å². The van der Waals surface area contributed by atoms with Gasteiger partial charge in [0.25, 0.3) is 5.91 Å². The summed E-state index contributed by atoms with van der Waals surface area (Å²) in [6.45, 7) is 0. The summed E-state index contributed by atoms with van der Waals surface area (Å²) in [5.41, 5.74) is 0.969. The van der Waals surface area contributed by atoms with Crippen LogP contribution in [0, 0.1) is 5.82 Å². The Bertz CT molecular complexity index is 943. The summed E-state index contributed by atoms with van der Waals surface area (Å²) in [5.74, 6) is -2.36. The molecular weight excluding hydrogens is 323 g/mol. The van der Waals surface area contributed by atoms with Gasteiger partial charge in [-0.05, 0) is 23.8 Å². The first-order chi connectivity index (χ1) is 12.0. The van der Waals surface area contributed by atoms with E-state index in [0.29, 0.717) is 5.52 Å². The number of benzene rings is 2. The lowest BCUT2D eigenvalue weighted by Gasteiger charge is -2.15. The zero-order valence-corrected chi connectivity index (χ0v) is 13.1. The van der Waals surface area contributed by atoms with Gasteiger partial charge in [0.1, 0.15) is 17.6 Å². The molecule has 2 aromatic carbocycles. The number of carbonyl (C=O) groups excluding carboxylic acids is 1. The summed E-state index contributed by atoms with van der Waals surface area (Å²) in [7, 11) is 0. The van der Waals surface area contributed by atoms with Crippen LogP contribution < -0.4 is 5.32 Å². The minimum atomic E-state index is -1.25. The molecule has 3 aromatic rings. The van der Waals surface area contributed by atoms with E-state index in [-0.39, 0.29) is 17.7 Å². The second kappa shape index (κ2) is 7.09. The zero-order valence-electron chi connectivity index (χ0n) is 13.1. The average molecular weight is 338 g/mol. The molecule has 0 saturated heterocycles. The largest absolute Gasteiger partial charge is 0.480 e. The Kier molecular flexibility index (Phi) is 4.70. The number of aromatic nitrogens is 1. The van der Waals surface area contributed by atoms with Gasteiger partial charge in [0.2, 0.25) is 0 Å². The number of fused-ring (bicyclic) bond motifs is 1. The number of pyridine rings is 1. The fourth-order valence-electron chi connectivity index (χ4n) is 2.51. The lowest BCUT2D eigenvalue weighted by Crippen LogP contribution is -2.42. The predicted octanol–water partition coefficient (Wildman–Crippen LogP) is 2.80. The maximum absolute atomic E-state index is 13.7. The second-order valence-corrected chi connectivity index (χ2v) is 5.55. The third-order valence-corrected chi connectivity index (χ3v) is 3.82. The van der Waals surface area contributed by atoms with E-state index in [4.69, 9.17) is 0 Å². The van der Waals surface area contributed by atoms with E-state index in [2.05, 4.69) is 10.3 Å². The highest BCUT2D eigenvalue weighted by atomic mass is 19.1. The van der Waals surface area contributed by atoms with Gasteiger partial charge in [-0.25, -0.2) is 14.2 Å². The standard InChI is InChI=1S/C19H15FN2O3/c20-14-7-3-1-6-13(14)11-17(19(24)25)22-18(23)16-10-9-12-5-2-4-8-15(12)21-16/h1-10,17H,11H2,(H,22,23)(H,24,25)/t17-/m0/s1. The molecule has 1 atom stereocenters. The van der Waals surface area contributed by atoms with E-state index in [1.165, 1.54) is 24.3 Å². The monoisotopic (exact) mass is 338 g/mol. The van der Waals surface area contributed by atoms with E-state index >= 15 is 0 Å². The summed E-state index contributed by atoms with van der Waals surface area (Å²) in [6, 6.07) is 15.2. The van der Waals surface area contributed by atoms with Crippen LogP contribution in [0.3, 0.4) is 0 Å². The first-order valence-corrected chi connectivity index (χ1v) is 7.67. The van der Waals surface area contributed by atoms with Crippen LogP contribution in [0.15, 0.2) is 60.7 Å². The lowest BCUT2D eigenvalue weighted by molar-refractivity contribution is -0.139. The molecule has 1 amide bonds. The van der Waals surface area contributed by atoms with Gasteiger partial charge in [-0.1, -0.05) is 42.5 Å². The van der Waals surface area contributed by atoms with E-state index in [1.807, 2.05) is 12.1 Å². The van der Waals surface area contributed by atoms with Crippen molar-refractivity contribution in [2.24, 2.45) is 0 Å². The summed E-state index contributed by atoms with van der Waals surface area (Å²) in [5, 5.41) is 12.6. The molecule has 2 N–H and O–H groups in total. The molecule has 5 nitrogen and oxygen atoms in total. The number of carboxylic acid groups (broad SMARTS) is 1. The molecule has 25 heavy (non-hydrogen) atoms. The van der Waals surface area contributed by atoms with E-state index < -0.39 is 23.7 Å². The van der Waals surface area contributed by atoms with Crippen molar-refractivity contribution in [2.75, 3.05) is 0 Å². The van der Waals surface area contributed by atoms with Gasteiger partial charge in [-0.15, -0.1) is 0 Å². The third-order valence-electron chi connectivity index (χ3n) is 3.82. The molecule has 6 heteroatoms. The highest BCUT2D eigenvalue weighted by Gasteiger charge is 2.23. The SMILES string of the molecule is O=C(N[C@@H](Cc1ccccc1F)C(=O)O)c1ccc2ccccc2n1. The van der Waals surface area contributed by atoms with Crippen LogP contribution in [0.2, 0.25) is 0 Å². The Hall–Kier alpha value is -3.28. The minimum absolute atomic E-state index is 0.110. The maximum atomic E-state index is 13.7. The highest BCUT2D eigenvalue weighted by molar-refractivity contribution is 5.97. The van der Waals surface area contributed by atoms with Gasteiger partial charge in [0, 0.05) is 11.8 Å². The van der Waals surface area contributed by atoms with Crippen molar-refractivity contribution in [3.05, 3.63) is 77.7 Å². The molecule has 0 aliphatic heterocycles. The molecule has 1 heterocycles. The summed E-state index contributed by atoms with van der Waals surface area (Å²) in [4.78, 5) is 28.0. The number of aliphatic carboxylic acids is 1. The third kappa shape index (κ3) is 3.80. The number of carboxylic acids is 1. The normalized spacial score (nSPS) is 11.9. The Morgan fingerprint density at radius 3 is 2.52 bits per heavy atom. The molecule has 0 aliphatic carbocycles. The van der Waals surface area contributed by atoms with E-state index in [0.717, 1.165) is 5.39 Å². The lowest BCUT2D eigenvalue weighted by atomic mass is 10.1. The van der Waals surface area contributed by atoms with Crippen LogP contribution in [0.1, 0.15) is 16.1 Å². The summed E-state index contributed by atoms with van der Waals surface area (Å²) >= 11 is 0. The molecule has 126 valence electrons. The number of nitrogens with zero attached hydrogens (tertiary/aromatic N) is 1. The topological polar surface area (TPSA) is 79.3 Å². The molecule has 0 spiro atoms. The minimum Gasteiger partial charge on any atom is -0.480 e. The van der Waals surface area contributed by atoms with Crippen LogP contribution in [0.4, 0.5) is 4.39 Å². The fourth-order valence-corrected chi connectivity index (χ4v) is 2.51. The number of hydrogen-bond acceptors (Lipinski definition) is 3. The van der Waals surface area contributed by atoms with Gasteiger partial charge in [0.15, 0.2) is 0 Å². The summed E-state index contributed by atoms with van der Waals surface area (Å²) in [6.07, 6.45) is -0.151.